The minimum atomic E-state index is -0.286. The van der Waals surface area contributed by atoms with Crippen LogP contribution >= 0.6 is 0 Å². The molecule has 1 N–H and O–H groups in total. The number of aromatic nitrogens is 4. The van der Waals surface area contributed by atoms with Gasteiger partial charge in [-0.15, -0.1) is 5.10 Å². The minimum Gasteiger partial charge on any atom is -0.346 e. The van der Waals surface area contributed by atoms with Crippen molar-refractivity contribution in [2.24, 2.45) is 0 Å². The van der Waals surface area contributed by atoms with Crippen LogP contribution in [0.2, 0.25) is 0 Å². The molecule has 30 heavy (non-hydrogen) atoms. The third kappa shape index (κ3) is 3.47. The van der Waals surface area contributed by atoms with Gasteiger partial charge in [0, 0.05) is 31.2 Å². The number of hydrogen-bond donors (Lipinski definition) is 1. The minimum absolute atomic E-state index is 0.122. The maximum Gasteiger partial charge on any atom is 0.270 e. The van der Waals surface area contributed by atoms with Gasteiger partial charge in [-0.25, -0.2) is 13.9 Å². The molecule has 2 atom stereocenters. The molecular weight excluding hydrogens is 383 g/mol. The number of carbonyl (C=O) groups excluding carboxylic acids is 1. The highest BCUT2D eigenvalue weighted by Crippen LogP contribution is 2.35. The van der Waals surface area contributed by atoms with Crippen LogP contribution in [0.3, 0.4) is 0 Å². The standard InChI is InChI=1S/C22H19FN6O/c23-16-5-3-4-15(12-16)19-13-17(26-22(30)18-6-1-2-9-24-18)14-28(19)21-8-7-20-25-10-11-29(20)27-21/h1-12,17,19H,13-14H2,(H,26,30)/t17?,19-/m1/s1. The zero-order valence-electron chi connectivity index (χ0n) is 16.0. The molecule has 1 saturated heterocycles. The summed E-state index contributed by atoms with van der Waals surface area (Å²) in [7, 11) is 0. The largest absolute Gasteiger partial charge is 0.346 e. The summed E-state index contributed by atoms with van der Waals surface area (Å²) in [4.78, 5) is 23.0. The fourth-order valence-electron chi connectivity index (χ4n) is 3.94. The van der Waals surface area contributed by atoms with Gasteiger partial charge in [0.05, 0.1) is 6.04 Å². The highest BCUT2D eigenvalue weighted by molar-refractivity contribution is 5.92. The first-order valence-electron chi connectivity index (χ1n) is 9.72. The molecule has 0 radical (unpaired) electrons. The molecule has 150 valence electrons. The molecule has 7 nitrogen and oxygen atoms in total. The summed E-state index contributed by atoms with van der Waals surface area (Å²) in [6.07, 6.45) is 5.70. The van der Waals surface area contributed by atoms with E-state index in [4.69, 9.17) is 0 Å². The number of halogens is 1. The Morgan fingerprint density at radius 2 is 2.00 bits per heavy atom. The number of nitrogens with zero attached hydrogens (tertiary/aromatic N) is 5. The van der Waals surface area contributed by atoms with Crippen molar-refractivity contribution < 1.29 is 9.18 Å². The second kappa shape index (κ2) is 7.55. The lowest BCUT2D eigenvalue weighted by atomic mass is 10.0. The second-order valence-corrected chi connectivity index (χ2v) is 7.27. The van der Waals surface area contributed by atoms with E-state index in [0.717, 1.165) is 17.0 Å². The third-order valence-corrected chi connectivity index (χ3v) is 5.30. The van der Waals surface area contributed by atoms with E-state index < -0.39 is 0 Å². The maximum atomic E-state index is 13.9. The van der Waals surface area contributed by atoms with Crippen molar-refractivity contribution in [2.45, 2.75) is 18.5 Å². The number of imidazole rings is 1. The Hall–Kier alpha value is -3.81. The van der Waals surface area contributed by atoms with Gasteiger partial charge in [0.2, 0.25) is 0 Å². The van der Waals surface area contributed by atoms with Gasteiger partial charge in [0.1, 0.15) is 17.3 Å². The van der Waals surface area contributed by atoms with Gasteiger partial charge in [0.25, 0.3) is 5.91 Å². The smallest absolute Gasteiger partial charge is 0.270 e. The van der Waals surface area contributed by atoms with Crippen molar-refractivity contribution >= 4 is 17.4 Å². The van der Waals surface area contributed by atoms with E-state index in [0.29, 0.717) is 18.7 Å². The molecule has 1 aliphatic rings. The van der Waals surface area contributed by atoms with E-state index in [2.05, 4.69) is 25.3 Å². The Balaban J connectivity index is 1.45. The number of pyridine rings is 1. The molecule has 0 bridgehead atoms. The van der Waals surface area contributed by atoms with Crippen LogP contribution in [0.5, 0.6) is 0 Å². The quantitative estimate of drug-likeness (QED) is 0.568. The van der Waals surface area contributed by atoms with E-state index in [9.17, 15) is 9.18 Å². The van der Waals surface area contributed by atoms with Crippen LogP contribution in [-0.4, -0.2) is 38.1 Å². The summed E-state index contributed by atoms with van der Waals surface area (Å²) >= 11 is 0. The van der Waals surface area contributed by atoms with Gasteiger partial charge < -0.3 is 10.2 Å². The number of fused-ring (bicyclic) bond motifs is 1. The van der Waals surface area contributed by atoms with Crippen molar-refractivity contribution in [1.29, 1.82) is 0 Å². The fraction of sp³-hybridized carbons (Fsp3) is 0.182. The van der Waals surface area contributed by atoms with E-state index >= 15 is 0 Å². The van der Waals surface area contributed by atoms with Gasteiger partial charge >= 0.3 is 0 Å². The van der Waals surface area contributed by atoms with Crippen molar-refractivity contribution in [1.82, 2.24) is 24.9 Å². The van der Waals surface area contributed by atoms with Crippen LogP contribution in [0, 0.1) is 5.82 Å². The molecule has 4 heterocycles. The molecule has 0 saturated carbocycles. The molecule has 8 heteroatoms. The number of nitrogens with one attached hydrogen (secondary N) is 1. The molecule has 1 aromatic carbocycles. The lowest BCUT2D eigenvalue weighted by Gasteiger charge is -2.25. The Morgan fingerprint density at radius 1 is 1.07 bits per heavy atom. The second-order valence-electron chi connectivity index (χ2n) is 7.27. The Bertz CT molecular complexity index is 1190. The normalized spacial score (nSPS) is 18.6. The van der Waals surface area contributed by atoms with E-state index in [-0.39, 0.29) is 23.8 Å². The first-order valence-corrected chi connectivity index (χ1v) is 9.72. The zero-order chi connectivity index (χ0) is 20.5. The molecule has 1 fully saturated rings. The summed E-state index contributed by atoms with van der Waals surface area (Å²) in [5.41, 5.74) is 1.97. The molecule has 4 aromatic rings. The highest BCUT2D eigenvalue weighted by Gasteiger charge is 2.35. The van der Waals surface area contributed by atoms with Crippen LogP contribution in [-0.2, 0) is 0 Å². The van der Waals surface area contributed by atoms with Crippen molar-refractivity contribution in [3.05, 3.63) is 90.3 Å². The molecule has 1 amide bonds. The third-order valence-electron chi connectivity index (χ3n) is 5.30. The summed E-state index contributed by atoms with van der Waals surface area (Å²) in [6, 6.07) is 15.3. The predicted octanol–water partition coefficient (Wildman–Crippen LogP) is 3.01. The fourth-order valence-corrected chi connectivity index (χ4v) is 3.94. The topological polar surface area (TPSA) is 75.4 Å². The molecular formula is C22H19FN6O. The zero-order valence-corrected chi connectivity index (χ0v) is 16.0. The van der Waals surface area contributed by atoms with Crippen molar-refractivity contribution in [3.63, 3.8) is 0 Å². The SMILES string of the molecule is O=C(NC1C[C@H](c2cccc(F)c2)N(c2ccc3nccn3n2)C1)c1ccccn1. The van der Waals surface area contributed by atoms with Crippen molar-refractivity contribution in [2.75, 3.05) is 11.4 Å². The van der Waals surface area contributed by atoms with E-state index in [1.165, 1.54) is 12.1 Å². The summed E-state index contributed by atoms with van der Waals surface area (Å²) < 4.78 is 15.6. The highest BCUT2D eigenvalue weighted by atomic mass is 19.1. The van der Waals surface area contributed by atoms with Crippen LogP contribution in [0.4, 0.5) is 10.2 Å². The lowest BCUT2D eigenvalue weighted by molar-refractivity contribution is 0.0935. The van der Waals surface area contributed by atoms with Crippen LogP contribution in [0.1, 0.15) is 28.5 Å². The van der Waals surface area contributed by atoms with Crippen LogP contribution in [0.15, 0.2) is 73.2 Å². The maximum absolute atomic E-state index is 13.9. The van der Waals surface area contributed by atoms with Crippen LogP contribution < -0.4 is 10.2 Å². The van der Waals surface area contributed by atoms with E-state index in [1.54, 1.807) is 47.4 Å². The van der Waals surface area contributed by atoms with Gasteiger partial charge in [0.15, 0.2) is 5.65 Å². The summed E-state index contributed by atoms with van der Waals surface area (Å²) in [5, 5.41) is 7.71. The molecule has 5 rings (SSSR count). The lowest BCUT2D eigenvalue weighted by Crippen LogP contribution is -2.37. The first-order chi connectivity index (χ1) is 14.7. The number of amides is 1. The molecule has 0 aliphatic carbocycles. The van der Waals surface area contributed by atoms with Gasteiger partial charge in [-0.1, -0.05) is 18.2 Å². The van der Waals surface area contributed by atoms with Crippen molar-refractivity contribution in [3.8, 4) is 0 Å². The first kappa shape index (κ1) is 18.2. The number of anilines is 1. The predicted molar refractivity (Wildman–Crippen MR) is 110 cm³/mol. The molecule has 1 unspecified atom stereocenters. The molecule has 0 spiro atoms. The Labute approximate surface area is 172 Å². The number of rotatable bonds is 4. The van der Waals surface area contributed by atoms with Gasteiger partial charge in [-0.05, 0) is 48.4 Å². The number of carbonyl (C=O) groups is 1. The Morgan fingerprint density at radius 3 is 2.83 bits per heavy atom. The number of hydrogen-bond acceptors (Lipinski definition) is 5. The average Bonchev–Trinajstić information content (AvgIpc) is 3.40. The Kier molecular flexibility index (Phi) is 4.59. The molecule has 1 aliphatic heterocycles. The number of benzene rings is 1. The summed E-state index contributed by atoms with van der Waals surface area (Å²) in [6.45, 7) is 0.549. The van der Waals surface area contributed by atoms with Crippen LogP contribution in [0.25, 0.3) is 5.65 Å². The summed E-state index contributed by atoms with van der Waals surface area (Å²) in [5.74, 6) is 0.231. The molecule has 3 aromatic heterocycles. The van der Waals surface area contributed by atoms with Gasteiger partial charge in [-0.3, -0.25) is 9.78 Å². The monoisotopic (exact) mass is 402 g/mol. The van der Waals surface area contributed by atoms with E-state index in [1.807, 2.05) is 18.2 Å². The average molecular weight is 402 g/mol. The van der Waals surface area contributed by atoms with Gasteiger partial charge in [-0.2, -0.15) is 0 Å².